The predicted octanol–water partition coefficient (Wildman–Crippen LogP) is 2.50. The Bertz CT molecular complexity index is 592. The zero-order valence-corrected chi connectivity index (χ0v) is 17.9. The molecular formula is C17H27IN4OS. The van der Waals surface area contributed by atoms with Crippen LogP contribution in [-0.4, -0.2) is 49.6 Å². The lowest BCUT2D eigenvalue weighted by Gasteiger charge is -2.24. The van der Waals surface area contributed by atoms with Gasteiger partial charge in [0.1, 0.15) is 0 Å². The molecule has 1 aromatic carbocycles. The van der Waals surface area contributed by atoms with E-state index in [1.807, 2.05) is 23.1 Å². The molecular weight excluding hydrogens is 435 g/mol. The average molecular weight is 462 g/mol. The summed E-state index contributed by atoms with van der Waals surface area (Å²) >= 11 is 1.80. The van der Waals surface area contributed by atoms with Gasteiger partial charge in [0.15, 0.2) is 5.96 Å². The summed E-state index contributed by atoms with van der Waals surface area (Å²) in [5.74, 6) is 0.731. The fourth-order valence-corrected chi connectivity index (χ4v) is 2.66. The van der Waals surface area contributed by atoms with Crippen LogP contribution in [0.4, 0.5) is 5.69 Å². The van der Waals surface area contributed by atoms with Crippen LogP contribution in [0.3, 0.4) is 0 Å². The molecule has 0 saturated heterocycles. The summed E-state index contributed by atoms with van der Waals surface area (Å²) in [4.78, 5) is 18.5. The third kappa shape index (κ3) is 5.54. The normalized spacial score (nSPS) is 14.0. The number of rotatable bonds is 5. The Kier molecular flexibility index (Phi) is 8.35. The number of nitrogens with one attached hydrogen (secondary N) is 2. The van der Waals surface area contributed by atoms with Crippen LogP contribution in [0.2, 0.25) is 0 Å². The Morgan fingerprint density at radius 3 is 2.71 bits per heavy atom. The first kappa shape index (κ1) is 21.1. The molecule has 1 heterocycles. The van der Waals surface area contributed by atoms with Crippen LogP contribution in [-0.2, 0) is 11.2 Å². The second-order valence-corrected chi connectivity index (χ2v) is 7.68. The molecule has 2 rings (SSSR count). The monoisotopic (exact) mass is 462 g/mol. The molecule has 1 aliphatic heterocycles. The van der Waals surface area contributed by atoms with Gasteiger partial charge in [-0.25, -0.2) is 0 Å². The van der Waals surface area contributed by atoms with E-state index >= 15 is 0 Å². The third-order valence-corrected chi connectivity index (χ3v) is 5.30. The first-order valence-electron chi connectivity index (χ1n) is 7.85. The van der Waals surface area contributed by atoms with Gasteiger partial charge in [-0.2, -0.15) is 11.8 Å². The van der Waals surface area contributed by atoms with Gasteiger partial charge in [0, 0.05) is 30.6 Å². The Labute approximate surface area is 166 Å². The zero-order chi connectivity index (χ0) is 16.9. The van der Waals surface area contributed by atoms with Gasteiger partial charge in [0.2, 0.25) is 5.91 Å². The molecule has 0 aromatic heterocycles. The number of fused-ring (bicyclic) bond motifs is 1. The molecule has 134 valence electrons. The van der Waals surface area contributed by atoms with Crippen LogP contribution in [0.15, 0.2) is 29.3 Å². The van der Waals surface area contributed by atoms with Crippen LogP contribution >= 0.6 is 35.7 Å². The first-order chi connectivity index (χ1) is 11.0. The highest BCUT2D eigenvalue weighted by molar-refractivity contribution is 14.0. The SMILES string of the molecule is CN=C(NCC(=O)N1CCc2ccccc21)NCC(C)(C)SC.I. The number of guanidine groups is 1. The molecule has 0 spiro atoms. The first-order valence-corrected chi connectivity index (χ1v) is 9.07. The second kappa shape index (κ2) is 9.50. The van der Waals surface area contributed by atoms with Gasteiger partial charge in [0.25, 0.3) is 0 Å². The topological polar surface area (TPSA) is 56.7 Å². The Hall–Kier alpha value is -0.960. The van der Waals surface area contributed by atoms with E-state index in [2.05, 4.69) is 41.8 Å². The largest absolute Gasteiger partial charge is 0.355 e. The predicted molar refractivity (Wildman–Crippen MR) is 115 cm³/mol. The van der Waals surface area contributed by atoms with Gasteiger partial charge in [-0.05, 0) is 38.2 Å². The summed E-state index contributed by atoms with van der Waals surface area (Å²) < 4.78 is 0.121. The van der Waals surface area contributed by atoms with E-state index in [-0.39, 0.29) is 41.2 Å². The van der Waals surface area contributed by atoms with E-state index in [0.717, 1.165) is 25.2 Å². The Morgan fingerprint density at radius 1 is 1.33 bits per heavy atom. The zero-order valence-electron chi connectivity index (χ0n) is 14.8. The number of hydrogen-bond acceptors (Lipinski definition) is 3. The number of para-hydroxylation sites is 1. The van der Waals surface area contributed by atoms with Crippen molar-refractivity contribution in [1.29, 1.82) is 0 Å². The molecule has 1 amide bonds. The number of anilines is 1. The molecule has 0 saturated carbocycles. The Balaban J connectivity index is 0.00000288. The van der Waals surface area contributed by atoms with Crippen LogP contribution in [0.5, 0.6) is 0 Å². The number of halogens is 1. The summed E-state index contributed by atoms with van der Waals surface area (Å²) in [6, 6.07) is 8.09. The Morgan fingerprint density at radius 2 is 2.04 bits per heavy atom. The van der Waals surface area contributed by atoms with Crippen molar-refractivity contribution < 1.29 is 4.79 Å². The molecule has 7 heteroatoms. The summed E-state index contributed by atoms with van der Waals surface area (Å²) in [5.41, 5.74) is 2.27. The van der Waals surface area contributed by atoms with Crippen molar-refractivity contribution in [2.24, 2.45) is 4.99 Å². The molecule has 0 fully saturated rings. The average Bonchev–Trinajstić information content (AvgIpc) is 2.99. The van der Waals surface area contributed by atoms with Crippen LogP contribution in [0.25, 0.3) is 0 Å². The molecule has 0 aliphatic carbocycles. The maximum absolute atomic E-state index is 12.5. The highest BCUT2D eigenvalue weighted by Crippen LogP contribution is 2.27. The number of carbonyl (C=O) groups excluding carboxylic acids is 1. The molecule has 24 heavy (non-hydrogen) atoms. The van der Waals surface area contributed by atoms with Gasteiger partial charge in [-0.3, -0.25) is 9.79 Å². The van der Waals surface area contributed by atoms with E-state index in [1.54, 1.807) is 18.8 Å². The number of aliphatic imine (C=N–C) groups is 1. The number of hydrogen-bond donors (Lipinski definition) is 2. The lowest BCUT2D eigenvalue weighted by molar-refractivity contribution is -0.117. The molecule has 1 aromatic rings. The second-order valence-electron chi connectivity index (χ2n) is 6.17. The van der Waals surface area contributed by atoms with Gasteiger partial charge < -0.3 is 15.5 Å². The maximum Gasteiger partial charge on any atom is 0.246 e. The van der Waals surface area contributed by atoms with Crippen LogP contribution < -0.4 is 15.5 Å². The van der Waals surface area contributed by atoms with E-state index in [9.17, 15) is 4.79 Å². The quantitative estimate of drug-likeness (QED) is 0.401. The number of nitrogens with zero attached hydrogens (tertiary/aromatic N) is 2. The number of thioether (sulfide) groups is 1. The van der Waals surface area contributed by atoms with Gasteiger partial charge in [-0.15, -0.1) is 24.0 Å². The lowest BCUT2D eigenvalue weighted by atomic mass is 10.2. The maximum atomic E-state index is 12.5. The molecule has 5 nitrogen and oxygen atoms in total. The number of carbonyl (C=O) groups is 1. The standard InChI is InChI=1S/C17H26N4OS.HI/c1-17(2,23-4)12-20-16(18-3)19-11-15(22)21-10-9-13-7-5-6-8-14(13)21;/h5-8H,9-12H2,1-4H3,(H2,18,19,20);1H. The van der Waals surface area contributed by atoms with Gasteiger partial charge in [0.05, 0.1) is 6.54 Å². The molecule has 2 N–H and O–H groups in total. The van der Waals surface area contributed by atoms with Gasteiger partial charge in [-0.1, -0.05) is 18.2 Å². The third-order valence-electron chi connectivity index (χ3n) is 4.05. The van der Waals surface area contributed by atoms with Crippen molar-refractivity contribution in [3.05, 3.63) is 29.8 Å². The molecule has 0 atom stereocenters. The lowest BCUT2D eigenvalue weighted by Crippen LogP contribution is -2.47. The minimum absolute atomic E-state index is 0. The van der Waals surface area contributed by atoms with Crippen molar-refractivity contribution in [2.75, 3.05) is 37.8 Å². The van der Waals surface area contributed by atoms with E-state index in [1.165, 1.54) is 5.56 Å². The highest BCUT2D eigenvalue weighted by atomic mass is 127. The van der Waals surface area contributed by atoms with Crippen molar-refractivity contribution >= 4 is 53.3 Å². The van der Waals surface area contributed by atoms with Crippen molar-refractivity contribution in [3.63, 3.8) is 0 Å². The van der Waals surface area contributed by atoms with Crippen LogP contribution in [0, 0.1) is 0 Å². The number of benzene rings is 1. The van der Waals surface area contributed by atoms with Crippen molar-refractivity contribution in [1.82, 2.24) is 10.6 Å². The molecule has 0 bridgehead atoms. The summed E-state index contributed by atoms with van der Waals surface area (Å²) in [6.45, 7) is 6.13. The van der Waals surface area contributed by atoms with E-state index in [0.29, 0.717) is 5.96 Å². The van der Waals surface area contributed by atoms with E-state index in [4.69, 9.17) is 0 Å². The summed E-state index contributed by atoms with van der Waals surface area (Å²) in [5, 5.41) is 6.39. The van der Waals surface area contributed by atoms with Gasteiger partial charge >= 0.3 is 0 Å². The van der Waals surface area contributed by atoms with Crippen LogP contribution in [0.1, 0.15) is 19.4 Å². The summed E-state index contributed by atoms with van der Waals surface area (Å²) in [7, 11) is 1.72. The molecule has 1 aliphatic rings. The summed E-state index contributed by atoms with van der Waals surface area (Å²) in [6.07, 6.45) is 3.02. The molecule has 0 radical (unpaired) electrons. The highest BCUT2D eigenvalue weighted by Gasteiger charge is 2.24. The minimum Gasteiger partial charge on any atom is -0.355 e. The molecule has 0 unspecified atom stereocenters. The van der Waals surface area contributed by atoms with Crippen molar-refractivity contribution in [3.8, 4) is 0 Å². The van der Waals surface area contributed by atoms with E-state index < -0.39 is 0 Å². The smallest absolute Gasteiger partial charge is 0.246 e. The fourth-order valence-electron chi connectivity index (χ4n) is 2.44. The minimum atomic E-state index is 0. The number of amides is 1. The van der Waals surface area contributed by atoms with Crippen molar-refractivity contribution in [2.45, 2.75) is 25.0 Å². The fraction of sp³-hybridized carbons (Fsp3) is 0.529.